The smallest absolute Gasteiger partial charge is 0.303 e. The molecular formula is C12H12BrNO2S. The van der Waals surface area contributed by atoms with Crippen LogP contribution in [-0.2, 0) is 4.79 Å². The lowest BCUT2D eigenvalue weighted by Crippen LogP contribution is -2.11. The van der Waals surface area contributed by atoms with Crippen LogP contribution in [0, 0.1) is 0 Å². The summed E-state index contributed by atoms with van der Waals surface area (Å²) in [5.41, 5.74) is 7.07. The number of carboxylic acids is 1. The fraction of sp³-hybridized carbons (Fsp3) is 0.250. The average Bonchev–Trinajstić information content (AvgIpc) is 2.71. The lowest BCUT2D eigenvalue weighted by molar-refractivity contribution is -0.137. The predicted molar refractivity (Wildman–Crippen MR) is 73.3 cm³/mol. The van der Waals surface area contributed by atoms with Gasteiger partial charge < -0.3 is 10.8 Å². The van der Waals surface area contributed by atoms with Crippen molar-refractivity contribution in [2.45, 2.75) is 18.9 Å². The van der Waals surface area contributed by atoms with Crippen LogP contribution in [0.1, 0.15) is 24.4 Å². The van der Waals surface area contributed by atoms with Gasteiger partial charge in [0.2, 0.25) is 0 Å². The molecule has 2 rings (SSSR count). The Balaban J connectivity index is 2.29. The summed E-state index contributed by atoms with van der Waals surface area (Å²) in [6.07, 6.45) is 0.570. The molecule has 0 aliphatic carbocycles. The molecule has 0 radical (unpaired) electrons. The van der Waals surface area contributed by atoms with Crippen molar-refractivity contribution in [3.8, 4) is 0 Å². The van der Waals surface area contributed by atoms with Crippen LogP contribution in [0.4, 0.5) is 0 Å². The predicted octanol–water partition coefficient (Wildman–Crippen LogP) is 3.53. The fourth-order valence-electron chi connectivity index (χ4n) is 1.76. The van der Waals surface area contributed by atoms with Gasteiger partial charge in [0, 0.05) is 21.6 Å². The van der Waals surface area contributed by atoms with Crippen LogP contribution in [0.2, 0.25) is 0 Å². The molecule has 5 heteroatoms. The molecule has 1 aromatic carbocycles. The minimum atomic E-state index is -0.804. The largest absolute Gasteiger partial charge is 0.481 e. The van der Waals surface area contributed by atoms with Crippen molar-refractivity contribution in [2.24, 2.45) is 5.73 Å². The zero-order valence-corrected chi connectivity index (χ0v) is 11.4. The fourth-order valence-corrected chi connectivity index (χ4v) is 3.45. The van der Waals surface area contributed by atoms with E-state index in [-0.39, 0.29) is 12.5 Å². The highest BCUT2D eigenvalue weighted by Crippen LogP contribution is 2.35. The zero-order chi connectivity index (χ0) is 12.4. The number of nitrogens with two attached hydrogens (primary N) is 1. The first-order chi connectivity index (χ1) is 8.09. The molecule has 2 aromatic rings. The second kappa shape index (κ2) is 5.16. The van der Waals surface area contributed by atoms with E-state index in [2.05, 4.69) is 15.9 Å². The van der Waals surface area contributed by atoms with Crippen molar-refractivity contribution < 1.29 is 9.90 Å². The summed E-state index contributed by atoms with van der Waals surface area (Å²) in [5.74, 6) is -0.804. The number of benzene rings is 1. The maximum Gasteiger partial charge on any atom is 0.303 e. The quantitative estimate of drug-likeness (QED) is 0.907. The highest BCUT2D eigenvalue weighted by Gasteiger charge is 2.14. The second-order valence-electron chi connectivity index (χ2n) is 3.85. The number of carboxylic acid groups (broad SMARTS) is 1. The van der Waals surface area contributed by atoms with Gasteiger partial charge in [-0.2, -0.15) is 0 Å². The first-order valence-corrected chi connectivity index (χ1v) is 6.90. The summed E-state index contributed by atoms with van der Waals surface area (Å²) < 4.78 is 2.21. The molecule has 0 amide bonds. The summed E-state index contributed by atoms with van der Waals surface area (Å²) in [5, 5.41) is 11.8. The van der Waals surface area contributed by atoms with Gasteiger partial charge in [0.15, 0.2) is 0 Å². The topological polar surface area (TPSA) is 63.3 Å². The monoisotopic (exact) mass is 313 g/mol. The zero-order valence-electron chi connectivity index (χ0n) is 9.02. The van der Waals surface area contributed by atoms with Crippen LogP contribution in [-0.4, -0.2) is 11.1 Å². The number of carbonyl (C=O) groups is 1. The molecule has 0 bridgehead atoms. The number of aliphatic carboxylic acids is 1. The van der Waals surface area contributed by atoms with Gasteiger partial charge in [0.05, 0.1) is 0 Å². The second-order valence-corrected chi connectivity index (χ2v) is 5.58. The number of rotatable bonds is 4. The minimum Gasteiger partial charge on any atom is -0.481 e. The van der Waals surface area contributed by atoms with Crippen molar-refractivity contribution >= 4 is 43.3 Å². The van der Waals surface area contributed by atoms with Gasteiger partial charge in [-0.1, -0.05) is 12.1 Å². The number of thiophene rings is 1. The Bertz CT molecular complexity index is 552. The van der Waals surface area contributed by atoms with Gasteiger partial charge in [0.1, 0.15) is 0 Å². The molecule has 3 N–H and O–H groups in total. The van der Waals surface area contributed by atoms with Crippen LogP contribution in [0.5, 0.6) is 0 Å². The molecule has 17 heavy (non-hydrogen) atoms. The molecule has 3 nitrogen and oxygen atoms in total. The highest BCUT2D eigenvalue weighted by molar-refractivity contribution is 9.10. The summed E-state index contributed by atoms with van der Waals surface area (Å²) in [6.45, 7) is 0. The van der Waals surface area contributed by atoms with Crippen molar-refractivity contribution in [3.05, 3.63) is 33.6 Å². The van der Waals surface area contributed by atoms with Crippen LogP contribution < -0.4 is 5.73 Å². The molecule has 1 heterocycles. The number of halogens is 1. The number of hydrogen-bond donors (Lipinski definition) is 2. The number of fused-ring (bicyclic) bond motifs is 1. The van der Waals surface area contributed by atoms with Gasteiger partial charge in [-0.3, -0.25) is 4.79 Å². The molecule has 0 spiro atoms. The Morgan fingerprint density at radius 1 is 1.53 bits per heavy atom. The molecule has 0 aliphatic rings. The molecular weight excluding hydrogens is 302 g/mol. The molecule has 90 valence electrons. The molecule has 0 saturated heterocycles. The first kappa shape index (κ1) is 12.5. The third-order valence-corrected chi connectivity index (χ3v) is 4.62. The van der Waals surface area contributed by atoms with E-state index >= 15 is 0 Å². The SMILES string of the molecule is NC(CCC(=O)O)c1csc2c(Br)cccc12. The van der Waals surface area contributed by atoms with E-state index in [4.69, 9.17) is 10.8 Å². The molecule has 1 aromatic heterocycles. The lowest BCUT2D eigenvalue weighted by Gasteiger charge is -2.09. The van der Waals surface area contributed by atoms with E-state index in [1.807, 2.05) is 23.6 Å². The molecule has 1 atom stereocenters. The van der Waals surface area contributed by atoms with Crippen molar-refractivity contribution in [1.82, 2.24) is 0 Å². The molecule has 0 aliphatic heterocycles. The van der Waals surface area contributed by atoms with Crippen LogP contribution >= 0.6 is 27.3 Å². The van der Waals surface area contributed by atoms with Gasteiger partial charge in [-0.15, -0.1) is 11.3 Å². The van der Waals surface area contributed by atoms with Crippen LogP contribution in [0.25, 0.3) is 10.1 Å². The Morgan fingerprint density at radius 2 is 2.29 bits per heavy atom. The van der Waals surface area contributed by atoms with Gasteiger partial charge >= 0.3 is 5.97 Å². The summed E-state index contributed by atoms with van der Waals surface area (Å²) in [6, 6.07) is 5.76. The first-order valence-electron chi connectivity index (χ1n) is 5.22. The Labute approximate surface area is 111 Å². The standard InChI is InChI=1S/C12H12BrNO2S/c13-9-3-1-2-7-8(6-17-12(7)9)10(14)4-5-11(15)16/h1-3,6,10H,4-5,14H2,(H,15,16). The van der Waals surface area contributed by atoms with Crippen LogP contribution in [0.3, 0.4) is 0 Å². The van der Waals surface area contributed by atoms with Crippen LogP contribution in [0.15, 0.2) is 28.1 Å². The molecule has 0 fully saturated rings. The Hall–Kier alpha value is -0.910. The van der Waals surface area contributed by atoms with E-state index in [1.54, 1.807) is 11.3 Å². The van der Waals surface area contributed by atoms with Gasteiger partial charge in [-0.25, -0.2) is 0 Å². The van der Waals surface area contributed by atoms with E-state index in [0.717, 1.165) is 20.1 Å². The average molecular weight is 314 g/mol. The summed E-state index contributed by atoms with van der Waals surface area (Å²) >= 11 is 5.13. The molecule has 0 saturated carbocycles. The van der Waals surface area contributed by atoms with Crippen molar-refractivity contribution in [2.75, 3.05) is 0 Å². The summed E-state index contributed by atoms with van der Waals surface area (Å²) in [4.78, 5) is 10.5. The highest BCUT2D eigenvalue weighted by atomic mass is 79.9. The van der Waals surface area contributed by atoms with Crippen molar-refractivity contribution in [3.63, 3.8) is 0 Å². The lowest BCUT2D eigenvalue weighted by atomic mass is 10.0. The van der Waals surface area contributed by atoms with Crippen molar-refractivity contribution in [1.29, 1.82) is 0 Å². The third-order valence-electron chi connectivity index (χ3n) is 2.65. The van der Waals surface area contributed by atoms with E-state index in [0.29, 0.717) is 6.42 Å². The minimum absolute atomic E-state index is 0.104. The number of hydrogen-bond acceptors (Lipinski definition) is 3. The maximum absolute atomic E-state index is 10.5. The maximum atomic E-state index is 10.5. The Morgan fingerprint density at radius 3 is 3.00 bits per heavy atom. The summed E-state index contributed by atoms with van der Waals surface area (Å²) in [7, 11) is 0. The Kier molecular flexibility index (Phi) is 3.81. The van der Waals surface area contributed by atoms with E-state index < -0.39 is 5.97 Å². The third kappa shape index (κ3) is 2.68. The normalized spacial score (nSPS) is 12.8. The molecule has 1 unspecified atom stereocenters. The van der Waals surface area contributed by atoms with Gasteiger partial charge in [0.25, 0.3) is 0 Å². The van der Waals surface area contributed by atoms with E-state index in [9.17, 15) is 4.79 Å². The van der Waals surface area contributed by atoms with E-state index in [1.165, 1.54) is 0 Å². The van der Waals surface area contributed by atoms with Gasteiger partial charge in [-0.05, 0) is 44.7 Å².